The fourth-order valence-electron chi connectivity index (χ4n) is 1.74. The molecule has 0 heterocycles. The summed E-state index contributed by atoms with van der Waals surface area (Å²) in [4.78, 5) is 22.3. The molecule has 0 spiro atoms. The van der Waals surface area contributed by atoms with E-state index in [1.54, 1.807) is 12.1 Å². The molecule has 88 valence electrons. The third kappa shape index (κ3) is 2.13. The van der Waals surface area contributed by atoms with Gasteiger partial charge in [0.25, 0.3) is 5.78 Å². The number of carbonyl (C=O) groups is 2. The molecule has 0 unspecified atom stereocenters. The Bertz CT molecular complexity index is 527. The zero-order valence-corrected chi connectivity index (χ0v) is 8.54. The van der Waals surface area contributed by atoms with Crippen molar-refractivity contribution < 1.29 is 22.8 Å². The summed E-state index contributed by atoms with van der Waals surface area (Å²) in [5.41, 5.74) is 0.914. The van der Waals surface area contributed by atoms with Crippen LogP contribution >= 0.6 is 0 Å². The summed E-state index contributed by atoms with van der Waals surface area (Å²) in [5.74, 6) is -2.20. The number of hydrogen-bond acceptors (Lipinski definition) is 2. The second-order valence-corrected chi connectivity index (χ2v) is 3.68. The van der Waals surface area contributed by atoms with Crippen molar-refractivity contribution in [3.05, 3.63) is 41.5 Å². The Kier molecular flexibility index (Phi) is 2.61. The van der Waals surface area contributed by atoms with E-state index in [4.69, 9.17) is 0 Å². The fourth-order valence-corrected chi connectivity index (χ4v) is 1.74. The molecule has 0 radical (unpaired) electrons. The first-order valence-electron chi connectivity index (χ1n) is 4.84. The predicted octanol–water partition coefficient (Wildman–Crippen LogP) is 2.79. The fraction of sp³-hybridized carbons (Fsp3) is 0.167. The van der Waals surface area contributed by atoms with Crippen LogP contribution in [0.4, 0.5) is 13.2 Å². The van der Waals surface area contributed by atoms with Gasteiger partial charge in [0.1, 0.15) is 0 Å². The van der Waals surface area contributed by atoms with Gasteiger partial charge in [-0.05, 0) is 17.2 Å². The molecule has 0 atom stereocenters. The number of allylic oxidation sites excluding steroid dienone is 2. The highest BCUT2D eigenvalue weighted by Crippen LogP contribution is 2.32. The molecule has 0 N–H and O–H groups in total. The Morgan fingerprint density at radius 2 is 1.76 bits per heavy atom. The van der Waals surface area contributed by atoms with Crippen molar-refractivity contribution in [1.82, 2.24) is 0 Å². The zero-order valence-electron chi connectivity index (χ0n) is 8.54. The maximum absolute atomic E-state index is 12.1. The lowest BCUT2D eigenvalue weighted by atomic mass is 10.1. The van der Waals surface area contributed by atoms with Gasteiger partial charge in [-0.1, -0.05) is 24.3 Å². The number of fused-ring (bicyclic) bond motifs is 1. The Hall–Kier alpha value is -1.91. The zero-order chi connectivity index (χ0) is 12.6. The minimum absolute atomic E-state index is 0.132. The van der Waals surface area contributed by atoms with Crippen LogP contribution in [0.1, 0.15) is 22.3 Å². The van der Waals surface area contributed by atoms with Crippen LogP contribution in [0.25, 0.3) is 5.57 Å². The minimum Gasteiger partial charge on any atom is -0.294 e. The van der Waals surface area contributed by atoms with Crippen LogP contribution in [0, 0.1) is 0 Å². The average molecular weight is 240 g/mol. The number of ketones is 2. The van der Waals surface area contributed by atoms with E-state index >= 15 is 0 Å². The first-order chi connectivity index (χ1) is 7.89. The summed E-state index contributed by atoms with van der Waals surface area (Å²) in [6.07, 6.45) is -4.54. The number of benzene rings is 1. The number of halogens is 3. The molecular weight excluding hydrogens is 233 g/mol. The van der Waals surface area contributed by atoms with Crippen LogP contribution in [0.2, 0.25) is 0 Å². The normalized spacial score (nSPS) is 17.4. The number of rotatable bonds is 1. The Labute approximate surface area is 94.7 Å². The van der Waals surface area contributed by atoms with Gasteiger partial charge in [0.05, 0.1) is 0 Å². The van der Waals surface area contributed by atoms with E-state index in [1.807, 2.05) is 0 Å². The SMILES string of the molecule is O=C1C/C(=C\C(=O)C(F)(F)F)c2ccccc21. The Morgan fingerprint density at radius 1 is 1.18 bits per heavy atom. The van der Waals surface area contributed by atoms with E-state index < -0.39 is 12.0 Å². The monoisotopic (exact) mass is 240 g/mol. The van der Waals surface area contributed by atoms with Gasteiger partial charge in [-0.2, -0.15) is 13.2 Å². The number of Topliss-reactive ketones (excluding diaryl/α,β-unsaturated/α-hetero) is 1. The van der Waals surface area contributed by atoms with Crippen molar-refractivity contribution in [1.29, 1.82) is 0 Å². The standard InChI is InChI=1S/C12H7F3O2/c13-12(14,15)11(17)6-7-5-10(16)9-4-2-1-3-8(7)9/h1-4,6H,5H2/b7-6+. The molecule has 1 aliphatic carbocycles. The number of carbonyl (C=O) groups excluding carboxylic acids is 2. The topological polar surface area (TPSA) is 34.1 Å². The van der Waals surface area contributed by atoms with E-state index in [2.05, 4.69) is 0 Å². The summed E-state index contributed by atoms with van der Waals surface area (Å²) in [6, 6.07) is 6.32. The summed E-state index contributed by atoms with van der Waals surface area (Å²) >= 11 is 0. The molecule has 0 saturated carbocycles. The average Bonchev–Trinajstić information content (AvgIpc) is 2.56. The quantitative estimate of drug-likeness (QED) is 0.707. The molecular formula is C12H7F3O2. The lowest BCUT2D eigenvalue weighted by Gasteiger charge is -2.02. The van der Waals surface area contributed by atoms with Crippen molar-refractivity contribution in [2.75, 3.05) is 0 Å². The summed E-state index contributed by atoms with van der Waals surface area (Å²) in [5, 5.41) is 0. The van der Waals surface area contributed by atoms with Crippen LogP contribution in [0.3, 0.4) is 0 Å². The van der Waals surface area contributed by atoms with Crippen molar-refractivity contribution in [2.24, 2.45) is 0 Å². The van der Waals surface area contributed by atoms with Gasteiger partial charge in [-0.3, -0.25) is 9.59 Å². The summed E-state index contributed by atoms with van der Waals surface area (Å²) in [7, 11) is 0. The third-order valence-corrected chi connectivity index (χ3v) is 2.51. The van der Waals surface area contributed by atoms with E-state index in [1.165, 1.54) is 12.1 Å². The molecule has 17 heavy (non-hydrogen) atoms. The molecule has 1 aromatic carbocycles. The molecule has 2 nitrogen and oxygen atoms in total. The molecule has 0 aromatic heterocycles. The van der Waals surface area contributed by atoms with Gasteiger partial charge in [-0.15, -0.1) is 0 Å². The van der Waals surface area contributed by atoms with Crippen molar-refractivity contribution in [3.8, 4) is 0 Å². The molecule has 1 aliphatic rings. The molecule has 0 fully saturated rings. The van der Waals surface area contributed by atoms with Crippen LogP contribution in [0.5, 0.6) is 0 Å². The highest BCUT2D eigenvalue weighted by atomic mass is 19.4. The highest BCUT2D eigenvalue weighted by Gasteiger charge is 2.37. The Morgan fingerprint density at radius 3 is 2.35 bits per heavy atom. The molecule has 5 heteroatoms. The van der Waals surface area contributed by atoms with Crippen LogP contribution in [-0.4, -0.2) is 17.7 Å². The molecule has 0 aliphatic heterocycles. The summed E-state index contributed by atoms with van der Waals surface area (Å²) in [6.45, 7) is 0. The molecule has 0 amide bonds. The summed E-state index contributed by atoms with van der Waals surface area (Å²) < 4.78 is 36.3. The van der Waals surface area contributed by atoms with Crippen molar-refractivity contribution in [3.63, 3.8) is 0 Å². The lowest BCUT2D eigenvalue weighted by molar-refractivity contribution is -0.165. The molecule has 2 rings (SSSR count). The first-order valence-corrected chi connectivity index (χ1v) is 4.84. The second kappa shape index (κ2) is 3.84. The third-order valence-electron chi connectivity index (χ3n) is 2.51. The van der Waals surface area contributed by atoms with Crippen LogP contribution in [0.15, 0.2) is 30.3 Å². The van der Waals surface area contributed by atoms with E-state index in [0.29, 0.717) is 17.2 Å². The lowest BCUT2D eigenvalue weighted by Crippen LogP contribution is -2.20. The molecule has 0 saturated heterocycles. The second-order valence-electron chi connectivity index (χ2n) is 3.68. The molecule has 0 bridgehead atoms. The maximum atomic E-state index is 12.1. The van der Waals surface area contributed by atoms with E-state index in [0.717, 1.165) is 0 Å². The van der Waals surface area contributed by atoms with Gasteiger partial charge in [0, 0.05) is 12.0 Å². The number of hydrogen-bond donors (Lipinski definition) is 0. The van der Waals surface area contributed by atoms with Crippen molar-refractivity contribution >= 4 is 17.1 Å². The van der Waals surface area contributed by atoms with Gasteiger partial charge in [-0.25, -0.2) is 0 Å². The van der Waals surface area contributed by atoms with Gasteiger partial charge >= 0.3 is 6.18 Å². The Balaban J connectivity index is 2.42. The van der Waals surface area contributed by atoms with Crippen LogP contribution < -0.4 is 0 Å². The van der Waals surface area contributed by atoms with Gasteiger partial charge < -0.3 is 0 Å². The predicted molar refractivity (Wildman–Crippen MR) is 54.4 cm³/mol. The smallest absolute Gasteiger partial charge is 0.294 e. The number of alkyl halides is 3. The highest BCUT2D eigenvalue weighted by molar-refractivity contribution is 6.15. The van der Waals surface area contributed by atoms with E-state index in [9.17, 15) is 22.8 Å². The largest absolute Gasteiger partial charge is 0.454 e. The first kappa shape index (κ1) is 11.6. The maximum Gasteiger partial charge on any atom is 0.454 e. The molecule has 1 aromatic rings. The minimum atomic E-state index is -4.90. The van der Waals surface area contributed by atoms with Gasteiger partial charge in [0.2, 0.25) is 0 Å². The van der Waals surface area contributed by atoms with Gasteiger partial charge in [0.15, 0.2) is 5.78 Å². The van der Waals surface area contributed by atoms with Crippen LogP contribution in [-0.2, 0) is 4.79 Å². The van der Waals surface area contributed by atoms with Crippen molar-refractivity contribution in [2.45, 2.75) is 12.6 Å². The van der Waals surface area contributed by atoms with E-state index in [-0.39, 0.29) is 17.8 Å².